The molecule has 1 heteroatoms. The number of allylic oxidation sites excluding steroid dienone is 1. The number of fused-ring (bicyclic) bond motifs is 3. The molecule has 0 aliphatic carbocycles. The number of rotatable bonds is 0. The summed E-state index contributed by atoms with van der Waals surface area (Å²) in [7, 11) is 0. The van der Waals surface area contributed by atoms with E-state index < -0.39 is 0 Å². The molecule has 0 atom stereocenters. The van der Waals surface area contributed by atoms with Crippen LogP contribution in [-0.4, -0.2) is 0 Å². The maximum atomic E-state index is 5.78. The van der Waals surface area contributed by atoms with E-state index in [-0.39, 0.29) is 0 Å². The fourth-order valence-electron chi connectivity index (χ4n) is 2.05. The van der Waals surface area contributed by atoms with Gasteiger partial charge in [-0.1, -0.05) is 30.3 Å². The number of nitrogens with one attached hydrogen (secondary N) is 1. The zero-order chi connectivity index (χ0) is 9.54. The normalized spacial score (nSPS) is 14.1. The number of anilines is 1. The first-order chi connectivity index (χ1) is 6.84. The third kappa shape index (κ3) is 0.956. The first-order valence-electron chi connectivity index (χ1n) is 4.73. The van der Waals surface area contributed by atoms with Crippen molar-refractivity contribution in [3.05, 3.63) is 54.2 Å². The van der Waals surface area contributed by atoms with Gasteiger partial charge in [0.15, 0.2) is 0 Å². The minimum absolute atomic E-state index is 0.844. The van der Waals surface area contributed by atoms with Crippen LogP contribution < -0.4 is 5.32 Å². The maximum Gasteiger partial charge on any atom is 0.0424 e. The monoisotopic (exact) mass is 180 g/mol. The lowest BCUT2D eigenvalue weighted by Gasteiger charge is -2.03. The van der Waals surface area contributed by atoms with Crippen molar-refractivity contribution in [3.63, 3.8) is 0 Å². The molecule has 1 aliphatic rings. The summed E-state index contributed by atoms with van der Waals surface area (Å²) >= 11 is 0. The topological polar surface area (TPSA) is 12.0 Å². The molecule has 2 aromatic rings. The van der Waals surface area contributed by atoms with Gasteiger partial charge in [0, 0.05) is 17.8 Å². The summed E-state index contributed by atoms with van der Waals surface area (Å²) in [5, 5.41) is 5.77. The second-order valence-electron chi connectivity index (χ2n) is 3.64. The van der Waals surface area contributed by atoms with Gasteiger partial charge < -0.3 is 5.32 Å². The molecule has 0 bridgehead atoms. The van der Waals surface area contributed by atoms with E-state index in [4.69, 9.17) is 6.58 Å². The molecular weight excluding hydrogens is 170 g/mol. The molecule has 2 aromatic carbocycles. The molecule has 1 N–H and O–H groups in total. The molecule has 1 aliphatic heterocycles. The van der Waals surface area contributed by atoms with Crippen molar-refractivity contribution >= 4 is 16.5 Å². The smallest absolute Gasteiger partial charge is 0.0424 e. The average Bonchev–Trinajstić information content (AvgIpc) is 2.59. The van der Waals surface area contributed by atoms with Gasteiger partial charge in [-0.15, -0.1) is 0 Å². The fraction of sp³-hybridized carbons (Fsp3) is 0.0769. The van der Waals surface area contributed by atoms with Gasteiger partial charge in [-0.05, 0) is 29.0 Å². The van der Waals surface area contributed by atoms with Crippen LogP contribution in [0.1, 0.15) is 5.56 Å². The zero-order valence-electron chi connectivity index (χ0n) is 7.75. The van der Waals surface area contributed by atoms with Gasteiger partial charge in [-0.3, -0.25) is 0 Å². The highest BCUT2D eigenvalue weighted by Gasteiger charge is 2.15. The van der Waals surface area contributed by atoms with E-state index in [0.717, 1.165) is 17.8 Å². The van der Waals surface area contributed by atoms with E-state index in [9.17, 15) is 0 Å². The minimum atomic E-state index is 0.844. The third-order valence-corrected chi connectivity index (χ3v) is 2.70. The lowest BCUT2D eigenvalue weighted by molar-refractivity contribution is 1.27. The molecule has 0 aromatic heterocycles. The Morgan fingerprint density at radius 1 is 1.07 bits per heavy atom. The van der Waals surface area contributed by atoms with Crippen LogP contribution in [0.5, 0.6) is 0 Å². The summed E-state index contributed by atoms with van der Waals surface area (Å²) in [6.07, 6.45) is 0.844. The summed E-state index contributed by atoms with van der Waals surface area (Å²) in [6, 6.07) is 12.6. The average molecular weight is 180 g/mol. The molecule has 1 radical (unpaired) electrons. The molecular formula is C13H10N. The second kappa shape index (κ2) is 2.61. The van der Waals surface area contributed by atoms with Crippen molar-refractivity contribution in [3.8, 4) is 0 Å². The SMILES string of the molecule is [CH]=C1Cc2c(ccc3ccccc23)N1. The Hall–Kier alpha value is -1.76. The van der Waals surface area contributed by atoms with Gasteiger partial charge in [0.25, 0.3) is 0 Å². The predicted octanol–water partition coefficient (Wildman–Crippen LogP) is 3.12. The van der Waals surface area contributed by atoms with Crippen LogP contribution >= 0.6 is 0 Å². The van der Waals surface area contributed by atoms with Crippen molar-refractivity contribution in [1.29, 1.82) is 0 Å². The minimum Gasteiger partial charge on any atom is -0.358 e. The van der Waals surface area contributed by atoms with Gasteiger partial charge in [-0.2, -0.15) is 0 Å². The van der Waals surface area contributed by atoms with Gasteiger partial charge in [0.2, 0.25) is 0 Å². The molecule has 0 amide bonds. The Balaban J connectivity index is 2.39. The highest BCUT2D eigenvalue weighted by Crippen LogP contribution is 2.33. The highest BCUT2D eigenvalue weighted by molar-refractivity contribution is 5.92. The summed E-state index contributed by atoms with van der Waals surface area (Å²) < 4.78 is 0. The number of hydrogen-bond acceptors (Lipinski definition) is 1. The molecule has 1 heterocycles. The van der Waals surface area contributed by atoms with Crippen LogP contribution in [0.25, 0.3) is 10.8 Å². The predicted molar refractivity (Wildman–Crippen MR) is 59.1 cm³/mol. The van der Waals surface area contributed by atoms with Crippen LogP contribution in [0, 0.1) is 6.58 Å². The Labute approximate surface area is 83.1 Å². The van der Waals surface area contributed by atoms with E-state index in [1.165, 1.54) is 16.3 Å². The lowest BCUT2D eigenvalue weighted by atomic mass is 10.0. The first-order valence-corrected chi connectivity index (χ1v) is 4.73. The summed E-state index contributed by atoms with van der Waals surface area (Å²) in [4.78, 5) is 0. The second-order valence-corrected chi connectivity index (χ2v) is 3.64. The summed E-state index contributed by atoms with van der Waals surface area (Å²) in [5.74, 6) is 0. The lowest BCUT2D eigenvalue weighted by Crippen LogP contribution is -1.87. The molecule has 0 fully saturated rings. The third-order valence-electron chi connectivity index (χ3n) is 2.70. The Morgan fingerprint density at radius 3 is 2.86 bits per heavy atom. The number of benzene rings is 2. The van der Waals surface area contributed by atoms with Crippen LogP contribution in [0.15, 0.2) is 42.1 Å². The van der Waals surface area contributed by atoms with Crippen molar-refractivity contribution in [2.45, 2.75) is 6.42 Å². The van der Waals surface area contributed by atoms with Gasteiger partial charge in [-0.25, -0.2) is 0 Å². The Bertz CT molecular complexity index is 526. The largest absolute Gasteiger partial charge is 0.358 e. The van der Waals surface area contributed by atoms with Gasteiger partial charge >= 0.3 is 0 Å². The molecule has 67 valence electrons. The Kier molecular flexibility index (Phi) is 1.42. The maximum absolute atomic E-state index is 5.78. The van der Waals surface area contributed by atoms with Gasteiger partial charge in [0.05, 0.1) is 0 Å². The van der Waals surface area contributed by atoms with E-state index in [2.05, 4.69) is 41.7 Å². The first kappa shape index (κ1) is 7.63. The molecule has 14 heavy (non-hydrogen) atoms. The molecule has 1 nitrogen and oxygen atoms in total. The summed E-state index contributed by atoms with van der Waals surface area (Å²) in [5.41, 5.74) is 3.32. The van der Waals surface area contributed by atoms with Crippen LogP contribution in [0.4, 0.5) is 5.69 Å². The molecule has 0 saturated carbocycles. The van der Waals surface area contributed by atoms with E-state index >= 15 is 0 Å². The van der Waals surface area contributed by atoms with Crippen molar-refractivity contribution in [2.24, 2.45) is 0 Å². The standard InChI is InChI=1S/C13H10N/c1-9-8-12-11-5-3-2-4-10(11)6-7-13(12)14-9/h1-7,14H,8H2. The summed E-state index contributed by atoms with van der Waals surface area (Å²) in [6.45, 7) is 5.78. The quantitative estimate of drug-likeness (QED) is 0.656. The zero-order valence-corrected chi connectivity index (χ0v) is 7.75. The number of hydrogen-bond donors (Lipinski definition) is 1. The van der Waals surface area contributed by atoms with Crippen molar-refractivity contribution in [2.75, 3.05) is 5.32 Å². The fourth-order valence-corrected chi connectivity index (χ4v) is 2.05. The Morgan fingerprint density at radius 2 is 1.93 bits per heavy atom. The van der Waals surface area contributed by atoms with E-state index in [1.807, 2.05) is 0 Å². The van der Waals surface area contributed by atoms with Crippen LogP contribution in [0.3, 0.4) is 0 Å². The van der Waals surface area contributed by atoms with Gasteiger partial charge in [0.1, 0.15) is 0 Å². The van der Waals surface area contributed by atoms with Crippen molar-refractivity contribution in [1.82, 2.24) is 0 Å². The highest BCUT2D eigenvalue weighted by atomic mass is 14.9. The van der Waals surface area contributed by atoms with Crippen molar-refractivity contribution < 1.29 is 0 Å². The van der Waals surface area contributed by atoms with E-state index in [0.29, 0.717) is 0 Å². The molecule has 0 saturated heterocycles. The van der Waals surface area contributed by atoms with Crippen LogP contribution in [-0.2, 0) is 6.42 Å². The molecule has 3 rings (SSSR count). The molecule has 0 spiro atoms. The van der Waals surface area contributed by atoms with E-state index in [1.54, 1.807) is 0 Å². The van der Waals surface area contributed by atoms with Crippen LogP contribution in [0.2, 0.25) is 0 Å². The molecule has 0 unspecified atom stereocenters.